The van der Waals surface area contributed by atoms with Crippen molar-refractivity contribution >= 4 is 5.82 Å². The van der Waals surface area contributed by atoms with Crippen LogP contribution in [0.5, 0.6) is 0 Å². The Balaban J connectivity index is 1.91. The summed E-state index contributed by atoms with van der Waals surface area (Å²) in [6.07, 6.45) is 6.40. The number of nitrogens with two attached hydrogens (primary N) is 1. The van der Waals surface area contributed by atoms with Gasteiger partial charge in [0, 0.05) is 24.7 Å². The zero-order valence-corrected chi connectivity index (χ0v) is 9.84. The third-order valence-corrected chi connectivity index (χ3v) is 4.06. The quantitative estimate of drug-likeness (QED) is 0.757. The zero-order chi connectivity index (χ0) is 11.0. The molecule has 3 N–H and O–H groups in total. The monoisotopic (exact) mass is 219 g/mol. The summed E-state index contributed by atoms with van der Waals surface area (Å²) in [6, 6.07) is 2.37. The van der Waals surface area contributed by atoms with Gasteiger partial charge in [-0.25, -0.2) is 0 Å². The molecule has 0 aliphatic carbocycles. The van der Waals surface area contributed by atoms with Gasteiger partial charge in [-0.05, 0) is 50.3 Å². The molecule has 1 atom stereocenters. The summed E-state index contributed by atoms with van der Waals surface area (Å²) < 4.78 is 2.34. The SMILES string of the molecule is Nc1c([C@H]2CCCNC2)cc2n1CCCC2. The van der Waals surface area contributed by atoms with E-state index in [0.717, 1.165) is 18.9 Å². The average Bonchev–Trinajstić information content (AvgIpc) is 2.69. The number of hydrogen-bond donors (Lipinski definition) is 2. The van der Waals surface area contributed by atoms with Gasteiger partial charge in [0.25, 0.3) is 0 Å². The van der Waals surface area contributed by atoms with Gasteiger partial charge in [-0.2, -0.15) is 0 Å². The maximum absolute atomic E-state index is 6.29. The van der Waals surface area contributed by atoms with Crippen molar-refractivity contribution in [2.24, 2.45) is 0 Å². The van der Waals surface area contributed by atoms with E-state index >= 15 is 0 Å². The summed E-state index contributed by atoms with van der Waals surface area (Å²) in [5.74, 6) is 1.69. The van der Waals surface area contributed by atoms with E-state index in [2.05, 4.69) is 16.0 Å². The number of nitrogens with one attached hydrogen (secondary N) is 1. The number of anilines is 1. The molecule has 2 aliphatic heterocycles. The second-order valence-corrected chi connectivity index (χ2v) is 5.13. The van der Waals surface area contributed by atoms with Crippen LogP contribution in [-0.2, 0) is 13.0 Å². The predicted octanol–water partition coefficient (Wildman–Crippen LogP) is 1.87. The summed E-state index contributed by atoms with van der Waals surface area (Å²) in [5.41, 5.74) is 9.16. The molecule has 1 fully saturated rings. The fourth-order valence-corrected chi connectivity index (χ4v) is 3.13. The van der Waals surface area contributed by atoms with Crippen LogP contribution in [0.3, 0.4) is 0 Å². The Morgan fingerprint density at radius 3 is 3.00 bits per heavy atom. The van der Waals surface area contributed by atoms with E-state index in [9.17, 15) is 0 Å². The summed E-state index contributed by atoms with van der Waals surface area (Å²) >= 11 is 0. The van der Waals surface area contributed by atoms with E-state index in [1.807, 2.05) is 0 Å². The average molecular weight is 219 g/mol. The van der Waals surface area contributed by atoms with Crippen LogP contribution >= 0.6 is 0 Å². The van der Waals surface area contributed by atoms with Gasteiger partial charge < -0.3 is 15.6 Å². The molecule has 3 rings (SSSR count). The van der Waals surface area contributed by atoms with E-state index in [0.29, 0.717) is 5.92 Å². The van der Waals surface area contributed by atoms with Crippen molar-refractivity contribution < 1.29 is 0 Å². The molecule has 0 spiro atoms. The topological polar surface area (TPSA) is 43.0 Å². The second kappa shape index (κ2) is 4.13. The van der Waals surface area contributed by atoms with Gasteiger partial charge in [0.2, 0.25) is 0 Å². The number of nitrogens with zero attached hydrogens (tertiary/aromatic N) is 1. The van der Waals surface area contributed by atoms with Crippen molar-refractivity contribution in [2.45, 2.75) is 44.6 Å². The maximum Gasteiger partial charge on any atom is 0.107 e. The van der Waals surface area contributed by atoms with Crippen molar-refractivity contribution in [1.29, 1.82) is 0 Å². The summed E-state index contributed by atoms with van der Waals surface area (Å²) in [5, 5.41) is 3.48. The molecule has 0 aromatic carbocycles. The minimum atomic E-state index is 0.645. The van der Waals surface area contributed by atoms with Crippen molar-refractivity contribution in [3.63, 3.8) is 0 Å². The molecule has 0 bridgehead atoms. The van der Waals surface area contributed by atoms with Crippen molar-refractivity contribution in [3.05, 3.63) is 17.3 Å². The van der Waals surface area contributed by atoms with Gasteiger partial charge >= 0.3 is 0 Å². The molecule has 16 heavy (non-hydrogen) atoms. The van der Waals surface area contributed by atoms with Crippen LogP contribution in [0, 0.1) is 0 Å². The number of hydrogen-bond acceptors (Lipinski definition) is 2. The highest BCUT2D eigenvalue weighted by atomic mass is 15.1. The Morgan fingerprint density at radius 2 is 2.25 bits per heavy atom. The molecule has 0 radical (unpaired) electrons. The smallest absolute Gasteiger partial charge is 0.107 e. The standard InChI is InChI=1S/C13H21N3/c14-13-12(10-4-3-6-15-9-10)8-11-5-1-2-7-16(11)13/h8,10,15H,1-7,9,14H2/t10-/m0/s1. The first-order valence-electron chi connectivity index (χ1n) is 6.55. The molecule has 1 aromatic rings. The van der Waals surface area contributed by atoms with Gasteiger partial charge in [0.15, 0.2) is 0 Å². The Labute approximate surface area is 97.0 Å². The first-order chi connectivity index (χ1) is 7.86. The Hall–Kier alpha value is -0.960. The summed E-state index contributed by atoms with van der Waals surface area (Å²) in [7, 11) is 0. The summed E-state index contributed by atoms with van der Waals surface area (Å²) in [6.45, 7) is 3.40. The van der Waals surface area contributed by atoms with E-state index in [1.165, 1.54) is 49.9 Å². The van der Waals surface area contributed by atoms with Crippen molar-refractivity contribution in [3.8, 4) is 0 Å². The highest BCUT2D eigenvalue weighted by Gasteiger charge is 2.23. The highest BCUT2D eigenvalue weighted by molar-refractivity contribution is 5.48. The van der Waals surface area contributed by atoms with Gasteiger partial charge in [0.1, 0.15) is 5.82 Å². The summed E-state index contributed by atoms with van der Waals surface area (Å²) in [4.78, 5) is 0. The number of aromatic nitrogens is 1. The lowest BCUT2D eigenvalue weighted by Gasteiger charge is -2.23. The van der Waals surface area contributed by atoms with E-state index in [-0.39, 0.29) is 0 Å². The van der Waals surface area contributed by atoms with Gasteiger partial charge in [-0.3, -0.25) is 0 Å². The molecule has 3 nitrogen and oxygen atoms in total. The Bertz CT molecular complexity index is 375. The molecule has 88 valence electrons. The fraction of sp³-hybridized carbons (Fsp3) is 0.692. The lowest BCUT2D eigenvalue weighted by atomic mass is 9.93. The molecule has 1 aromatic heterocycles. The molecular formula is C13H21N3. The fourth-order valence-electron chi connectivity index (χ4n) is 3.13. The third-order valence-electron chi connectivity index (χ3n) is 4.06. The minimum Gasteiger partial charge on any atom is -0.385 e. The van der Waals surface area contributed by atoms with Crippen LogP contribution in [0.4, 0.5) is 5.82 Å². The number of rotatable bonds is 1. The van der Waals surface area contributed by atoms with Crippen molar-refractivity contribution in [1.82, 2.24) is 9.88 Å². The number of piperidine rings is 1. The highest BCUT2D eigenvalue weighted by Crippen LogP contribution is 2.33. The van der Waals surface area contributed by atoms with E-state index < -0.39 is 0 Å². The van der Waals surface area contributed by atoms with Crippen LogP contribution < -0.4 is 11.1 Å². The molecule has 0 amide bonds. The van der Waals surface area contributed by atoms with Gasteiger partial charge in [0.05, 0.1) is 0 Å². The lowest BCUT2D eigenvalue weighted by molar-refractivity contribution is 0.462. The first-order valence-corrected chi connectivity index (χ1v) is 6.55. The largest absolute Gasteiger partial charge is 0.385 e. The molecule has 3 heteroatoms. The molecule has 2 aliphatic rings. The Morgan fingerprint density at radius 1 is 1.31 bits per heavy atom. The normalized spacial score (nSPS) is 25.4. The third kappa shape index (κ3) is 1.63. The van der Waals surface area contributed by atoms with Crippen molar-refractivity contribution in [2.75, 3.05) is 18.8 Å². The maximum atomic E-state index is 6.29. The lowest BCUT2D eigenvalue weighted by Crippen LogP contribution is -2.28. The molecule has 0 saturated carbocycles. The van der Waals surface area contributed by atoms with Crippen LogP contribution in [0.2, 0.25) is 0 Å². The number of aryl methyl sites for hydroxylation is 1. The Kier molecular flexibility index (Phi) is 2.64. The van der Waals surface area contributed by atoms with Crippen LogP contribution in [0.25, 0.3) is 0 Å². The second-order valence-electron chi connectivity index (χ2n) is 5.13. The first kappa shape index (κ1) is 10.2. The van der Waals surface area contributed by atoms with E-state index in [4.69, 9.17) is 5.73 Å². The van der Waals surface area contributed by atoms with Crippen LogP contribution in [-0.4, -0.2) is 17.7 Å². The van der Waals surface area contributed by atoms with Crippen LogP contribution in [0.15, 0.2) is 6.07 Å². The number of nitrogen functional groups attached to an aromatic ring is 1. The molecular weight excluding hydrogens is 198 g/mol. The number of fused-ring (bicyclic) bond motifs is 1. The van der Waals surface area contributed by atoms with Gasteiger partial charge in [-0.15, -0.1) is 0 Å². The molecule has 1 saturated heterocycles. The predicted molar refractivity (Wildman–Crippen MR) is 66.6 cm³/mol. The zero-order valence-electron chi connectivity index (χ0n) is 9.84. The molecule has 0 unspecified atom stereocenters. The van der Waals surface area contributed by atoms with E-state index in [1.54, 1.807) is 0 Å². The molecule has 3 heterocycles. The minimum absolute atomic E-state index is 0.645. The van der Waals surface area contributed by atoms with Crippen LogP contribution in [0.1, 0.15) is 42.9 Å². The van der Waals surface area contributed by atoms with Gasteiger partial charge in [-0.1, -0.05) is 0 Å².